The molecule has 1 fully saturated rings. The molecule has 0 unspecified atom stereocenters. The average Bonchev–Trinajstić information content (AvgIpc) is 2.52. The van der Waals surface area contributed by atoms with Crippen LogP contribution in [-0.4, -0.2) is 43.1 Å². The number of carbonyl (C=O) groups excluding carboxylic acids is 1. The highest BCUT2D eigenvalue weighted by molar-refractivity contribution is 5.85. The fraction of sp³-hybridized carbons (Fsp3) is 0.562. The molecular formula is C16H24ClFN2O2. The number of hydrogen-bond acceptors (Lipinski definition) is 3. The third-order valence-corrected chi connectivity index (χ3v) is 3.72. The van der Waals surface area contributed by atoms with Gasteiger partial charge in [0.25, 0.3) is 5.91 Å². The summed E-state index contributed by atoms with van der Waals surface area (Å²) in [5.41, 5.74) is 0. The first-order valence-electron chi connectivity index (χ1n) is 7.60. The van der Waals surface area contributed by atoms with E-state index >= 15 is 0 Å². The maximum absolute atomic E-state index is 13.5. The third kappa shape index (κ3) is 5.14. The summed E-state index contributed by atoms with van der Waals surface area (Å²) in [7, 11) is 0. The van der Waals surface area contributed by atoms with Crippen LogP contribution < -0.4 is 10.1 Å². The van der Waals surface area contributed by atoms with Crippen LogP contribution in [0.25, 0.3) is 0 Å². The van der Waals surface area contributed by atoms with E-state index in [4.69, 9.17) is 4.74 Å². The van der Waals surface area contributed by atoms with Gasteiger partial charge in [-0.05, 0) is 44.5 Å². The Morgan fingerprint density at radius 1 is 1.36 bits per heavy atom. The molecule has 1 amide bonds. The highest BCUT2D eigenvalue weighted by atomic mass is 35.5. The lowest BCUT2D eigenvalue weighted by Crippen LogP contribution is -2.48. The molecule has 1 N–H and O–H groups in total. The van der Waals surface area contributed by atoms with Gasteiger partial charge in [-0.15, -0.1) is 12.4 Å². The first-order valence-corrected chi connectivity index (χ1v) is 7.60. The number of halogens is 2. The Hall–Kier alpha value is -1.33. The molecule has 1 aliphatic heterocycles. The number of para-hydroxylation sites is 1. The zero-order chi connectivity index (χ0) is 15.1. The van der Waals surface area contributed by atoms with Crippen LogP contribution >= 0.6 is 12.4 Å². The van der Waals surface area contributed by atoms with E-state index in [0.29, 0.717) is 0 Å². The molecule has 1 aromatic carbocycles. The van der Waals surface area contributed by atoms with Crippen molar-refractivity contribution in [1.29, 1.82) is 0 Å². The van der Waals surface area contributed by atoms with Gasteiger partial charge in [0.2, 0.25) is 0 Å². The van der Waals surface area contributed by atoms with Crippen molar-refractivity contribution in [3.05, 3.63) is 30.1 Å². The SMILES string of the molecule is CCCN(C(=O)COc1ccccc1F)C1CCNCC1.Cl. The van der Waals surface area contributed by atoms with Crippen molar-refractivity contribution in [2.75, 3.05) is 26.2 Å². The van der Waals surface area contributed by atoms with E-state index in [0.717, 1.165) is 38.9 Å². The molecule has 1 saturated heterocycles. The molecule has 0 saturated carbocycles. The predicted octanol–water partition coefficient (Wildman–Crippen LogP) is 2.62. The van der Waals surface area contributed by atoms with Crippen molar-refractivity contribution in [3.63, 3.8) is 0 Å². The molecular weight excluding hydrogens is 307 g/mol. The normalized spacial score (nSPS) is 15.0. The van der Waals surface area contributed by atoms with E-state index in [9.17, 15) is 9.18 Å². The average molecular weight is 331 g/mol. The van der Waals surface area contributed by atoms with Gasteiger partial charge < -0.3 is 15.0 Å². The van der Waals surface area contributed by atoms with E-state index in [2.05, 4.69) is 12.2 Å². The van der Waals surface area contributed by atoms with Gasteiger partial charge in [-0.3, -0.25) is 4.79 Å². The van der Waals surface area contributed by atoms with E-state index < -0.39 is 5.82 Å². The van der Waals surface area contributed by atoms with Gasteiger partial charge in [-0.1, -0.05) is 19.1 Å². The first-order chi connectivity index (χ1) is 10.2. The summed E-state index contributed by atoms with van der Waals surface area (Å²) in [4.78, 5) is 14.3. The largest absolute Gasteiger partial charge is 0.481 e. The molecule has 1 heterocycles. The Balaban J connectivity index is 0.00000242. The molecule has 1 aliphatic rings. The number of piperidine rings is 1. The van der Waals surface area contributed by atoms with Crippen LogP contribution in [0.4, 0.5) is 4.39 Å². The Labute approximate surface area is 137 Å². The van der Waals surface area contributed by atoms with Crippen molar-refractivity contribution < 1.29 is 13.9 Å². The van der Waals surface area contributed by atoms with Crippen molar-refractivity contribution >= 4 is 18.3 Å². The highest BCUT2D eigenvalue weighted by Crippen LogP contribution is 2.17. The Morgan fingerprint density at radius 2 is 2.05 bits per heavy atom. The standard InChI is InChI=1S/C16H23FN2O2.ClH/c1-2-11-19(13-7-9-18-10-8-13)16(20)12-21-15-6-4-3-5-14(15)17;/h3-6,13,18H,2,7-12H2,1H3;1H. The summed E-state index contributed by atoms with van der Waals surface area (Å²) in [6, 6.07) is 6.43. The molecule has 6 heteroatoms. The zero-order valence-corrected chi connectivity index (χ0v) is 13.7. The molecule has 0 bridgehead atoms. The van der Waals surface area contributed by atoms with Crippen molar-refractivity contribution in [3.8, 4) is 5.75 Å². The lowest BCUT2D eigenvalue weighted by atomic mass is 10.0. The minimum Gasteiger partial charge on any atom is -0.481 e. The summed E-state index contributed by atoms with van der Waals surface area (Å²) in [6.45, 7) is 4.55. The lowest BCUT2D eigenvalue weighted by molar-refractivity contribution is -0.136. The Morgan fingerprint density at radius 3 is 2.68 bits per heavy atom. The fourth-order valence-corrected chi connectivity index (χ4v) is 2.65. The van der Waals surface area contributed by atoms with Gasteiger partial charge in [0, 0.05) is 12.6 Å². The van der Waals surface area contributed by atoms with Crippen molar-refractivity contribution in [1.82, 2.24) is 10.2 Å². The van der Waals surface area contributed by atoms with Crippen molar-refractivity contribution in [2.45, 2.75) is 32.2 Å². The zero-order valence-electron chi connectivity index (χ0n) is 12.9. The number of hydrogen-bond donors (Lipinski definition) is 1. The Kier molecular flexibility index (Phi) is 8.20. The summed E-state index contributed by atoms with van der Waals surface area (Å²) in [5, 5.41) is 3.30. The number of rotatable bonds is 6. The van der Waals surface area contributed by atoms with Gasteiger partial charge in [0.05, 0.1) is 0 Å². The third-order valence-electron chi connectivity index (χ3n) is 3.72. The minimum atomic E-state index is -0.436. The molecule has 0 aromatic heterocycles. The summed E-state index contributed by atoms with van der Waals surface area (Å²) in [6.07, 6.45) is 2.84. The number of carbonyl (C=O) groups is 1. The molecule has 4 nitrogen and oxygen atoms in total. The van der Waals surface area contributed by atoms with Crippen molar-refractivity contribution in [2.24, 2.45) is 0 Å². The Bertz CT molecular complexity index is 467. The molecule has 0 spiro atoms. The van der Waals surface area contributed by atoms with Crippen LogP contribution in [0.3, 0.4) is 0 Å². The second-order valence-electron chi connectivity index (χ2n) is 5.29. The topological polar surface area (TPSA) is 41.6 Å². The lowest BCUT2D eigenvalue weighted by Gasteiger charge is -2.34. The summed E-state index contributed by atoms with van der Waals surface area (Å²) >= 11 is 0. The van der Waals surface area contributed by atoms with Crippen LogP contribution in [-0.2, 0) is 4.79 Å². The van der Waals surface area contributed by atoms with Gasteiger partial charge >= 0.3 is 0 Å². The molecule has 0 radical (unpaired) electrons. The number of amides is 1. The van der Waals surface area contributed by atoms with Gasteiger partial charge in [0.1, 0.15) is 0 Å². The molecule has 0 aliphatic carbocycles. The molecule has 2 rings (SSSR count). The molecule has 0 atom stereocenters. The number of nitrogens with zero attached hydrogens (tertiary/aromatic N) is 1. The van der Waals surface area contributed by atoms with Gasteiger partial charge in [-0.25, -0.2) is 4.39 Å². The smallest absolute Gasteiger partial charge is 0.260 e. The predicted molar refractivity (Wildman–Crippen MR) is 87.0 cm³/mol. The van der Waals surface area contributed by atoms with E-state index in [-0.39, 0.29) is 36.7 Å². The van der Waals surface area contributed by atoms with Crippen LogP contribution in [0.5, 0.6) is 5.75 Å². The van der Waals surface area contributed by atoms with E-state index in [1.54, 1.807) is 12.1 Å². The monoisotopic (exact) mass is 330 g/mol. The second kappa shape index (κ2) is 9.64. The van der Waals surface area contributed by atoms with Gasteiger partial charge in [-0.2, -0.15) is 0 Å². The van der Waals surface area contributed by atoms with E-state index in [1.165, 1.54) is 12.1 Å². The molecule has 1 aromatic rings. The minimum absolute atomic E-state index is 0. The molecule has 22 heavy (non-hydrogen) atoms. The maximum atomic E-state index is 13.5. The molecule has 124 valence electrons. The van der Waals surface area contributed by atoms with Crippen LogP contribution in [0, 0.1) is 5.82 Å². The van der Waals surface area contributed by atoms with Crippen LogP contribution in [0.15, 0.2) is 24.3 Å². The van der Waals surface area contributed by atoms with Crippen LogP contribution in [0.1, 0.15) is 26.2 Å². The maximum Gasteiger partial charge on any atom is 0.260 e. The highest BCUT2D eigenvalue weighted by Gasteiger charge is 2.24. The van der Waals surface area contributed by atoms with Crippen LogP contribution in [0.2, 0.25) is 0 Å². The number of benzene rings is 1. The summed E-state index contributed by atoms with van der Waals surface area (Å²) < 4.78 is 18.8. The number of nitrogens with one attached hydrogen (secondary N) is 1. The second-order valence-corrected chi connectivity index (χ2v) is 5.29. The van der Waals surface area contributed by atoms with Gasteiger partial charge in [0.15, 0.2) is 18.2 Å². The first kappa shape index (κ1) is 18.7. The summed E-state index contributed by atoms with van der Waals surface area (Å²) in [5.74, 6) is -0.367. The fourth-order valence-electron chi connectivity index (χ4n) is 2.65. The van der Waals surface area contributed by atoms with E-state index in [1.807, 2.05) is 4.90 Å². The number of ether oxygens (including phenoxy) is 1. The quantitative estimate of drug-likeness (QED) is 0.871.